The molecule has 8 nitrogen and oxygen atoms in total. The van der Waals surface area contributed by atoms with Crippen LogP contribution in [0.4, 0.5) is 5.69 Å². The molecule has 1 atom stereocenters. The first kappa shape index (κ1) is 25.2. The fraction of sp³-hybridized carbons (Fsp3) is 0.321. The molecule has 2 aliphatic rings. The average Bonchev–Trinajstić information content (AvgIpc) is 3.49. The van der Waals surface area contributed by atoms with Crippen molar-refractivity contribution in [2.45, 2.75) is 32.8 Å². The van der Waals surface area contributed by atoms with Gasteiger partial charge in [-0.3, -0.25) is 9.59 Å². The standard InChI is InChI=1S/C28H30N2O6/c1-18-6-10-21(11-7-18)30-19(2)26(28(33)34-3)27(32)24(30)15-20-8-12-22(13-9-20)36-17-25(31)29-16-23-5-4-14-35-23/h6-13,15,23H,4-5,14,16-17H2,1-3H3,(H,29,31)/b24-15-/t23-/m1/s1. The van der Waals surface area contributed by atoms with E-state index in [4.69, 9.17) is 14.2 Å². The molecule has 1 N–H and O–H groups in total. The fourth-order valence-corrected chi connectivity index (χ4v) is 4.24. The minimum Gasteiger partial charge on any atom is -0.484 e. The quantitative estimate of drug-likeness (QED) is 0.344. The number of ether oxygens (including phenoxy) is 3. The fourth-order valence-electron chi connectivity index (χ4n) is 4.24. The number of carbonyl (C=O) groups is 3. The van der Waals surface area contributed by atoms with Gasteiger partial charge in [0.25, 0.3) is 5.91 Å². The van der Waals surface area contributed by atoms with Gasteiger partial charge in [-0.25, -0.2) is 4.79 Å². The lowest BCUT2D eigenvalue weighted by atomic mass is 10.1. The Labute approximate surface area is 210 Å². The number of esters is 1. The van der Waals surface area contributed by atoms with Crippen LogP contribution in [0.5, 0.6) is 5.75 Å². The molecule has 0 radical (unpaired) electrons. The van der Waals surface area contributed by atoms with E-state index in [0.717, 1.165) is 36.3 Å². The zero-order chi connectivity index (χ0) is 25.7. The minimum absolute atomic E-state index is 0.0123. The van der Waals surface area contributed by atoms with Gasteiger partial charge in [0.15, 0.2) is 6.61 Å². The van der Waals surface area contributed by atoms with Crippen LogP contribution in [0, 0.1) is 6.92 Å². The highest BCUT2D eigenvalue weighted by molar-refractivity contribution is 6.30. The van der Waals surface area contributed by atoms with Crippen molar-refractivity contribution in [2.75, 3.05) is 31.8 Å². The number of allylic oxidation sites excluding steroid dienone is 2. The lowest BCUT2D eigenvalue weighted by Crippen LogP contribution is -2.35. The molecular formula is C28H30N2O6. The van der Waals surface area contributed by atoms with E-state index < -0.39 is 11.8 Å². The van der Waals surface area contributed by atoms with Gasteiger partial charge >= 0.3 is 5.97 Å². The largest absolute Gasteiger partial charge is 0.484 e. The highest BCUT2D eigenvalue weighted by Crippen LogP contribution is 2.35. The lowest BCUT2D eigenvalue weighted by Gasteiger charge is -2.21. The number of Topliss-reactive ketones (excluding diaryl/α,β-unsaturated/α-hetero) is 1. The number of rotatable bonds is 8. The maximum atomic E-state index is 13.2. The molecule has 0 aromatic heterocycles. The van der Waals surface area contributed by atoms with E-state index in [9.17, 15) is 14.4 Å². The van der Waals surface area contributed by atoms with Crippen molar-refractivity contribution in [3.63, 3.8) is 0 Å². The van der Waals surface area contributed by atoms with Crippen LogP contribution in [0.3, 0.4) is 0 Å². The van der Waals surface area contributed by atoms with Crippen molar-refractivity contribution in [1.82, 2.24) is 5.32 Å². The second-order valence-electron chi connectivity index (χ2n) is 8.78. The summed E-state index contributed by atoms with van der Waals surface area (Å²) in [5, 5.41) is 2.82. The van der Waals surface area contributed by atoms with Gasteiger partial charge in [-0.1, -0.05) is 29.8 Å². The summed E-state index contributed by atoms with van der Waals surface area (Å²) in [5.74, 6) is -0.747. The molecule has 0 aliphatic carbocycles. The van der Waals surface area contributed by atoms with Crippen LogP contribution in [0.2, 0.25) is 0 Å². The Kier molecular flexibility index (Phi) is 7.85. The second-order valence-corrected chi connectivity index (χ2v) is 8.78. The van der Waals surface area contributed by atoms with Gasteiger partial charge in [-0.05, 0) is 62.6 Å². The third-order valence-electron chi connectivity index (χ3n) is 6.18. The molecule has 4 rings (SSSR count). The van der Waals surface area contributed by atoms with E-state index in [-0.39, 0.29) is 24.2 Å². The maximum absolute atomic E-state index is 13.2. The van der Waals surface area contributed by atoms with Gasteiger partial charge in [0, 0.05) is 24.5 Å². The van der Waals surface area contributed by atoms with Crippen LogP contribution in [-0.2, 0) is 23.9 Å². The third-order valence-corrected chi connectivity index (χ3v) is 6.18. The summed E-state index contributed by atoms with van der Waals surface area (Å²) in [4.78, 5) is 39.4. The zero-order valence-electron chi connectivity index (χ0n) is 20.7. The van der Waals surface area contributed by atoms with Crippen molar-refractivity contribution < 1.29 is 28.6 Å². The molecule has 36 heavy (non-hydrogen) atoms. The SMILES string of the molecule is COC(=O)C1=C(C)N(c2ccc(C)cc2)/C(=C\c2ccc(OCC(=O)NC[C@H]3CCCO3)cc2)C1=O. The van der Waals surface area contributed by atoms with Crippen molar-refractivity contribution in [3.8, 4) is 5.75 Å². The summed E-state index contributed by atoms with van der Waals surface area (Å²) in [5.41, 5.74) is 3.46. The zero-order valence-corrected chi connectivity index (χ0v) is 20.7. The lowest BCUT2D eigenvalue weighted by molar-refractivity contribution is -0.137. The van der Waals surface area contributed by atoms with E-state index in [1.807, 2.05) is 31.2 Å². The molecule has 188 valence electrons. The number of aryl methyl sites for hydroxylation is 1. The molecule has 1 amide bonds. The summed E-state index contributed by atoms with van der Waals surface area (Å²) >= 11 is 0. The number of ketones is 1. The first-order chi connectivity index (χ1) is 17.4. The molecule has 1 saturated heterocycles. The van der Waals surface area contributed by atoms with Crippen molar-refractivity contribution >= 4 is 29.4 Å². The number of nitrogens with one attached hydrogen (secondary N) is 1. The van der Waals surface area contributed by atoms with Gasteiger partial charge < -0.3 is 24.4 Å². The van der Waals surface area contributed by atoms with Gasteiger partial charge in [-0.15, -0.1) is 0 Å². The van der Waals surface area contributed by atoms with Crippen LogP contribution in [0.15, 0.2) is 65.5 Å². The number of amides is 1. The predicted molar refractivity (Wildman–Crippen MR) is 135 cm³/mol. The van der Waals surface area contributed by atoms with Gasteiger partial charge in [0.2, 0.25) is 5.78 Å². The second kappa shape index (κ2) is 11.2. The summed E-state index contributed by atoms with van der Waals surface area (Å²) in [6.07, 6.45) is 3.78. The molecular weight excluding hydrogens is 460 g/mol. The molecule has 1 fully saturated rings. The van der Waals surface area contributed by atoms with Crippen molar-refractivity contribution in [3.05, 3.63) is 76.6 Å². The van der Waals surface area contributed by atoms with Gasteiger partial charge in [0.1, 0.15) is 11.3 Å². The van der Waals surface area contributed by atoms with Crippen LogP contribution in [-0.4, -0.2) is 50.6 Å². The number of methoxy groups -OCH3 is 1. The first-order valence-corrected chi connectivity index (χ1v) is 11.9. The molecule has 2 aliphatic heterocycles. The Balaban J connectivity index is 1.47. The van der Waals surface area contributed by atoms with E-state index in [1.165, 1.54) is 7.11 Å². The van der Waals surface area contributed by atoms with E-state index in [2.05, 4.69) is 5.32 Å². The van der Waals surface area contributed by atoms with E-state index in [0.29, 0.717) is 23.7 Å². The number of benzene rings is 2. The Hall–Kier alpha value is -3.91. The number of hydrogen-bond donors (Lipinski definition) is 1. The topological polar surface area (TPSA) is 94.2 Å². The number of hydrogen-bond acceptors (Lipinski definition) is 7. The maximum Gasteiger partial charge on any atom is 0.343 e. The molecule has 0 saturated carbocycles. The molecule has 0 unspecified atom stereocenters. The van der Waals surface area contributed by atoms with Crippen LogP contribution in [0.25, 0.3) is 6.08 Å². The van der Waals surface area contributed by atoms with Crippen LogP contribution in [0.1, 0.15) is 30.9 Å². The summed E-state index contributed by atoms with van der Waals surface area (Å²) < 4.78 is 15.9. The molecule has 2 heterocycles. The molecule has 8 heteroatoms. The Bertz CT molecular complexity index is 1190. The van der Waals surface area contributed by atoms with E-state index in [1.54, 1.807) is 42.2 Å². The molecule has 2 aromatic rings. The summed E-state index contributed by atoms with van der Waals surface area (Å²) in [6, 6.07) is 14.8. The predicted octanol–water partition coefficient (Wildman–Crippen LogP) is 3.55. The Morgan fingerprint density at radius 2 is 1.83 bits per heavy atom. The van der Waals surface area contributed by atoms with Crippen LogP contribution >= 0.6 is 0 Å². The number of nitrogens with zero attached hydrogens (tertiary/aromatic N) is 1. The summed E-state index contributed by atoms with van der Waals surface area (Å²) in [6.45, 7) is 4.84. The van der Waals surface area contributed by atoms with Crippen molar-refractivity contribution in [1.29, 1.82) is 0 Å². The Morgan fingerprint density at radius 3 is 2.47 bits per heavy atom. The smallest absolute Gasteiger partial charge is 0.343 e. The molecule has 0 spiro atoms. The number of anilines is 1. The molecule has 0 bridgehead atoms. The van der Waals surface area contributed by atoms with Crippen LogP contribution < -0.4 is 15.0 Å². The first-order valence-electron chi connectivity index (χ1n) is 11.9. The van der Waals surface area contributed by atoms with E-state index >= 15 is 0 Å². The monoisotopic (exact) mass is 490 g/mol. The highest BCUT2D eigenvalue weighted by Gasteiger charge is 2.38. The molecule has 2 aromatic carbocycles. The van der Waals surface area contributed by atoms with Gasteiger partial charge in [0.05, 0.1) is 18.9 Å². The summed E-state index contributed by atoms with van der Waals surface area (Å²) in [7, 11) is 1.26. The van der Waals surface area contributed by atoms with Crippen molar-refractivity contribution in [2.24, 2.45) is 0 Å². The normalized spacial score (nSPS) is 18.6. The average molecular weight is 491 g/mol. The third kappa shape index (κ3) is 5.66. The van der Waals surface area contributed by atoms with Gasteiger partial charge in [-0.2, -0.15) is 0 Å². The minimum atomic E-state index is -0.667. The highest BCUT2D eigenvalue weighted by atomic mass is 16.5. The number of carbonyl (C=O) groups excluding carboxylic acids is 3. The Morgan fingerprint density at radius 1 is 1.11 bits per heavy atom.